The molecule has 0 fully saturated rings. The Bertz CT molecular complexity index is 277. The van der Waals surface area contributed by atoms with Gasteiger partial charge >= 0.3 is 0 Å². The fraction of sp³-hybridized carbons (Fsp3) is 0.571. The van der Waals surface area contributed by atoms with Gasteiger partial charge in [0.1, 0.15) is 5.75 Å². The van der Waals surface area contributed by atoms with E-state index in [9.17, 15) is 0 Å². The molecule has 1 unspecified atom stereocenters. The maximum atomic E-state index is 5.73. The van der Waals surface area contributed by atoms with E-state index < -0.39 is 0 Å². The highest BCUT2D eigenvalue weighted by atomic mass is 32.1. The average molecular weight is 238 g/mol. The van der Waals surface area contributed by atoms with Crippen LogP contribution in [0, 0.1) is 5.92 Å². The topological polar surface area (TPSA) is 9.23 Å². The zero-order chi connectivity index (χ0) is 11.8. The lowest BCUT2D eigenvalue weighted by Crippen LogP contribution is -2.12. The maximum absolute atomic E-state index is 5.73. The summed E-state index contributed by atoms with van der Waals surface area (Å²) in [6.07, 6.45) is 3.46. The van der Waals surface area contributed by atoms with Gasteiger partial charge in [0.25, 0.3) is 0 Å². The Kier molecular flexibility index (Phi) is 6.39. The van der Waals surface area contributed by atoms with E-state index in [1.807, 2.05) is 0 Å². The van der Waals surface area contributed by atoms with Crippen molar-refractivity contribution in [3.05, 3.63) is 29.8 Å². The highest BCUT2D eigenvalue weighted by Crippen LogP contribution is 2.15. The Morgan fingerprint density at radius 1 is 1.19 bits per heavy atom. The predicted octanol–water partition coefficient (Wildman–Crippen LogP) is 3.97. The Morgan fingerprint density at radius 3 is 2.38 bits per heavy atom. The van der Waals surface area contributed by atoms with Crippen LogP contribution in [0.5, 0.6) is 5.75 Å². The van der Waals surface area contributed by atoms with Crippen molar-refractivity contribution in [1.82, 2.24) is 0 Å². The van der Waals surface area contributed by atoms with E-state index >= 15 is 0 Å². The number of rotatable bonds is 7. The quantitative estimate of drug-likeness (QED) is 0.707. The molecule has 1 rings (SSSR count). The number of benzene rings is 1. The van der Waals surface area contributed by atoms with Gasteiger partial charge in [-0.3, -0.25) is 0 Å². The largest absolute Gasteiger partial charge is 0.493 e. The molecule has 1 aromatic rings. The molecule has 0 bridgehead atoms. The van der Waals surface area contributed by atoms with Gasteiger partial charge < -0.3 is 4.74 Å². The van der Waals surface area contributed by atoms with Gasteiger partial charge in [-0.25, -0.2) is 0 Å². The number of thiol groups is 1. The molecule has 1 atom stereocenters. The van der Waals surface area contributed by atoms with E-state index in [0.717, 1.165) is 31.0 Å². The van der Waals surface area contributed by atoms with Crippen LogP contribution in [0.15, 0.2) is 24.3 Å². The van der Waals surface area contributed by atoms with Gasteiger partial charge in [-0.15, -0.1) is 0 Å². The zero-order valence-electron chi connectivity index (χ0n) is 10.3. The molecule has 1 aromatic carbocycles. The smallest absolute Gasteiger partial charge is 0.119 e. The monoisotopic (exact) mass is 238 g/mol. The summed E-state index contributed by atoms with van der Waals surface area (Å²) in [4.78, 5) is 0. The standard InChI is InChI=1S/C14H22OS/c1-3-5-13-6-8-14(9-7-13)15-10-12(4-2)11-16/h6-9,12,16H,3-5,10-11H2,1-2H3. The second-order valence-corrected chi connectivity index (χ2v) is 4.53. The van der Waals surface area contributed by atoms with Gasteiger partial charge in [-0.05, 0) is 36.3 Å². The van der Waals surface area contributed by atoms with Crippen LogP contribution in [-0.2, 0) is 6.42 Å². The van der Waals surface area contributed by atoms with Crippen molar-refractivity contribution in [2.45, 2.75) is 33.1 Å². The van der Waals surface area contributed by atoms with Crippen LogP contribution in [-0.4, -0.2) is 12.4 Å². The van der Waals surface area contributed by atoms with Gasteiger partial charge in [0, 0.05) is 5.92 Å². The Hall–Kier alpha value is -0.630. The van der Waals surface area contributed by atoms with E-state index in [1.165, 1.54) is 12.0 Å². The molecule has 0 saturated carbocycles. The van der Waals surface area contributed by atoms with E-state index in [0.29, 0.717) is 5.92 Å². The first-order valence-electron chi connectivity index (χ1n) is 6.12. The van der Waals surface area contributed by atoms with Crippen LogP contribution in [0.3, 0.4) is 0 Å². The maximum Gasteiger partial charge on any atom is 0.119 e. The normalized spacial score (nSPS) is 12.4. The van der Waals surface area contributed by atoms with Gasteiger partial charge in [0.2, 0.25) is 0 Å². The zero-order valence-corrected chi connectivity index (χ0v) is 11.2. The summed E-state index contributed by atoms with van der Waals surface area (Å²) < 4.78 is 5.73. The van der Waals surface area contributed by atoms with Crippen molar-refractivity contribution in [3.63, 3.8) is 0 Å². The second-order valence-electron chi connectivity index (χ2n) is 4.16. The minimum Gasteiger partial charge on any atom is -0.493 e. The highest BCUT2D eigenvalue weighted by molar-refractivity contribution is 7.80. The van der Waals surface area contributed by atoms with Crippen molar-refractivity contribution < 1.29 is 4.74 Å². The number of aryl methyl sites for hydroxylation is 1. The third-order valence-corrected chi connectivity index (χ3v) is 3.30. The summed E-state index contributed by atoms with van der Waals surface area (Å²) in [7, 11) is 0. The molecular formula is C14H22OS. The summed E-state index contributed by atoms with van der Waals surface area (Å²) in [5, 5.41) is 0. The molecule has 0 aromatic heterocycles. The minimum atomic E-state index is 0.554. The van der Waals surface area contributed by atoms with Crippen molar-refractivity contribution >= 4 is 12.6 Å². The van der Waals surface area contributed by atoms with Crippen LogP contribution in [0.25, 0.3) is 0 Å². The second kappa shape index (κ2) is 7.61. The van der Waals surface area contributed by atoms with Gasteiger partial charge in [-0.1, -0.05) is 32.4 Å². The molecular weight excluding hydrogens is 216 g/mol. The first-order valence-corrected chi connectivity index (χ1v) is 6.76. The van der Waals surface area contributed by atoms with Crippen LogP contribution in [0.4, 0.5) is 0 Å². The van der Waals surface area contributed by atoms with E-state index in [2.05, 4.69) is 50.7 Å². The fourth-order valence-electron chi connectivity index (χ4n) is 1.55. The van der Waals surface area contributed by atoms with E-state index in [1.54, 1.807) is 0 Å². The minimum absolute atomic E-state index is 0.554. The summed E-state index contributed by atoms with van der Waals surface area (Å²) in [5.41, 5.74) is 1.39. The van der Waals surface area contributed by atoms with Gasteiger partial charge in [0.15, 0.2) is 0 Å². The van der Waals surface area contributed by atoms with Gasteiger partial charge in [-0.2, -0.15) is 12.6 Å². The lowest BCUT2D eigenvalue weighted by Gasteiger charge is -2.13. The third-order valence-electron chi connectivity index (χ3n) is 2.78. The number of hydrogen-bond acceptors (Lipinski definition) is 2. The number of ether oxygens (including phenoxy) is 1. The molecule has 0 aliphatic rings. The fourth-order valence-corrected chi connectivity index (χ4v) is 1.92. The summed E-state index contributed by atoms with van der Waals surface area (Å²) in [6.45, 7) is 5.14. The van der Waals surface area contributed by atoms with Crippen LogP contribution in [0.1, 0.15) is 32.3 Å². The molecule has 0 radical (unpaired) electrons. The predicted molar refractivity (Wildman–Crippen MR) is 73.6 cm³/mol. The summed E-state index contributed by atoms with van der Waals surface area (Å²) in [6, 6.07) is 8.44. The number of hydrogen-bond donors (Lipinski definition) is 1. The molecule has 0 saturated heterocycles. The van der Waals surface area contributed by atoms with E-state index in [-0.39, 0.29) is 0 Å². The van der Waals surface area contributed by atoms with Crippen molar-refractivity contribution in [2.75, 3.05) is 12.4 Å². The Balaban J connectivity index is 2.42. The lowest BCUT2D eigenvalue weighted by atomic mass is 10.1. The highest BCUT2D eigenvalue weighted by Gasteiger charge is 2.04. The SMILES string of the molecule is CCCc1ccc(OCC(CC)CS)cc1. The molecule has 0 aliphatic heterocycles. The molecule has 90 valence electrons. The molecule has 0 aliphatic carbocycles. The summed E-state index contributed by atoms with van der Waals surface area (Å²) in [5.74, 6) is 2.42. The molecule has 0 N–H and O–H groups in total. The molecule has 16 heavy (non-hydrogen) atoms. The molecule has 0 amide bonds. The van der Waals surface area contributed by atoms with Crippen LogP contribution in [0.2, 0.25) is 0 Å². The van der Waals surface area contributed by atoms with Crippen LogP contribution < -0.4 is 4.74 Å². The molecule has 0 spiro atoms. The van der Waals surface area contributed by atoms with E-state index in [4.69, 9.17) is 4.74 Å². The molecule has 0 heterocycles. The van der Waals surface area contributed by atoms with Gasteiger partial charge in [0.05, 0.1) is 6.61 Å². The lowest BCUT2D eigenvalue weighted by molar-refractivity contribution is 0.259. The average Bonchev–Trinajstić information content (AvgIpc) is 2.33. The first kappa shape index (κ1) is 13.4. The van der Waals surface area contributed by atoms with Crippen molar-refractivity contribution in [1.29, 1.82) is 0 Å². The summed E-state index contributed by atoms with van der Waals surface area (Å²) >= 11 is 4.31. The first-order chi connectivity index (χ1) is 7.80. The molecule has 1 nitrogen and oxygen atoms in total. The van der Waals surface area contributed by atoms with Crippen molar-refractivity contribution in [3.8, 4) is 5.75 Å². The van der Waals surface area contributed by atoms with Crippen molar-refractivity contribution in [2.24, 2.45) is 5.92 Å². The Morgan fingerprint density at radius 2 is 1.88 bits per heavy atom. The third kappa shape index (κ3) is 4.48. The Labute approximate surface area is 105 Å². The van der Waals surface area contributed by atoms with Crippen LogP contribution >= 0.6 is 12.6 Å². The molecule has 2 heteroatoms.